The summed E-state index contributed by atoms with van der Waals surface area (Å²) >= 11 is 0. The van der Waals surface area contributed by atoms with Crippen LogP contribution >= 0.6 is 0 Å². The number of fused-ring (bicyclic) bond motifs is 3. The molecule has 1 heterocycles. The van der Waals surface area contributed by atoms with Gasteiger partial charge < -0.3 is 28.5 Å². The molecule has 59 heavy (non-hydrogen) atoms. The number of benzene rings is 5. The summed E-state index contributed by atoms with van der Waals surface area (Å²) in [6, 6.07) is 42.8. The maximum Gasteiger partial charge on any atom is 0.344 e. The zero-order valence-corrected chi connectivity index (χ0v) is 36.7. The first kappa shape index (κ1) is 43.4. The summed E-state index contributed by atoms with van der Waals surface area (Å²) in [5, 5.41) is 5.76. The minimum Gasteiger partial charge on any atom is -0.492 e. The third-order valence-corrected chi connectivity index (χ3v) is 16.7. The van der Waals surface area contributed by atoms with Crippen molar-refractivity contribution in [3.63, 3.8) is 0 Å². The Morgan fingerprint density at radius 1 is 0.746 bits per heavy atom. The predicted octanol–water partition coefficient (Wildman–Crippen LogP) is 9.48. The van der Waals surface area contributed by atoms with E-state index in [4.69, 9.17) is 18.6 Å². The number of ether oxygens (including phenoxy) is 3. The number of anilines is 1. The molecule has 0 unspecified atom stereocenters. The van der Waals surface area contributed by atoms with E-state index in [2.05, 4.69) is 54.9 Å². The first-order chi connectivity index (χ1) is 28.6. The molecule has 10 nitrogen and oxygen atoms in total. The fourth-order valence-electron chi connectivity index (χ4n) is 7.55. The molecule has 0 spiro atoms. The standard InChI is InChI=1S/C47H57N3O7SSi/c1-6-54-47(51)35-56-41-24-26-43-42-25-23-40(30-44(42)49(45(43)31-41)33-36-17-12-10-13-18-36)55-28-27-48-32-46(57-59(7-2,8-3)9-4)38-21-16-22-39(29-38)50(58(5,52)53)34-37-19-14-11-15-20-37/h10-26,29-31,46,48H,6-9,27-28,32-35H2,1-5H3/t46-/m0/s1. The molecule has 0 saturated carbocycles. The highest BCUT2D eigenvalue weighted by atomic mass is 32.2. The Morgan fingerprint density at radius 2 is 1.36 bits per heavy atom. The molecule has 0 aliphatic heterocycles. The maximum absolute atomic E-state index is 13.1. The molecule has 6 rings (SSSR count). The van der Waals surface area contributed by atoms with Crippen molar-refractivity contribution in [3.05, 3.63) is 138 Å². The molecule has 5 aromatic carbocycles. The number of hydrogen-bond donors (Lipinski definition) is 1. The van der Waals surface area contributed by atoms with Gasteiger partial charge in [-0.15, -0.1) is 0 Å². The Bertz CT molecular complexity index is 2400. The Balaban J connectivity index is 1.19. The van der Waals surface area contributed by atoms with Gasteiger partial charge in [0, 0.05) is 42.5 Å². The van der Waals surface area contributed by atoms with Crippen LogP contribution in [-0.4, -0.2) is 66.4 Å². The number of nitrogens with zero attached hydrogens (tertiary/aromatic N) is 2. The number of carbonyl (C=O) groups excluding carboxylic acids is 1. The van der Waals surface area contributed by atoms with Crippen molar-refractivity contribution in [1.29, 1.82) is 0 Å². The van der Waals surface area contributed by atoms with Gasteiger partial charge in [0.05, 0.1) is 42.2 Å². The van der Waals surface area contributed by atoms with Gasteiger partial charge in [-0.2, -0.15) is 0 Å². The third kappa shape index (κ3) is 11.1. The normalized spacial score (nSPS) is 12.4. The van der Waals surface area contributed by atoms with E-state index in [-0.39, 0.29) is 19.3 Å². The summed E-state index contributed by atoms with van der Waals surface area (Å²) in [5.41, 5.74) is 5.64. The van der Waals surface area contributed by atoms with Crippen LogP contribution in [0.2, 0.25) is 18.1 Å². The third-order valence-electron chi connectivity index (χ3n) is 11.0. The quantitative estimate of drug-likeness (QED) is 0.0410. The van der Waals surface area contributed by atoms with E-state index in [1.54, 1.807) is 6.92 Å². The first-order valence-corrected chi connectivity index (χ1v) is 25.0. The maximum atomic E-state index is 13.1. The van der Waals surface area contributed by atoms with E-state index in [1.807, 2.05) is 97.1 Å². The van der Waals surface area contributed by atoms with Crippen LogP contribution in [0.1, 0.15) is 50.5 Å². The van der Waals surface area contributed by atoms with Crippen LogP contribution in [0.15, 0.2) is 121 Å². The van der Waals surface area contributed by atoms with Gasteiger partial charge in [-0.1, -0.05) is 93.6 Å². The summed E-state index contributed by atoms with van der Waals surface area (Å²) in [7, 11) is -5.61. The summed E-state index contributed by atoms with van der Waals surface area (Å²) in [6.07, 6.45) is 0.986. The molecular formula is C47H57N3O7SSi. The predicted molar refractivity (Wildman–Crippen MR) is 240 cm³/mol. The number of aromatic nitrogens is 1. The number of rotatable bonds is 22. The van der Waals surface area contributed by atoms with Crippen LogP contribution in [0, 0.1) is 0 Å². The van der Waals surface area contributed by atoms with Crippen molar-refractivity contribution < 1.29 is 31.8 Å². The lowest BCUT2D eigenvalue weighted by molar-refractivity contribution is -0.145. The molecule has 0 fully saturated rings. The summed E-state index contributed by atoms with van der Waals surface area (Å²) in [5.74, 6) is 0.944. The number of nitrogens with one attached hydrogen (secondary N) is 1. The Hall–Kier alpha value is -5.14. The Kier molecular flexibility index (Phi) is 14.9. The molecule has 1 atom stereocenters. The van der Waals surface area contributed by atoms with Crippen molar-refractivity contribution >= 4 is 51.8 Å². The Morgan fingerprint density at radius 3 is 1.95 bits per heavy atom. The molecule has 0 radical (unpaired) electrons. The lowest BCUT2D eigenvalue weighted by Crippen LogP contribution is -2.40. The summed E-state index contributed by atoms with van der Waals surface area (Å²) < 4.78 is 54.2. The average Bonchev–Trinajstić information content (AvgIpc) is 3.55. The van der Waals surface area contributed by atoms with Crippen LogP contribution in [0.3, 0.4) is 0 Å². The minimum atomic E-state index is -3.56. The molecule has 1 aromatic heterocycles. The van der Waals surface area contributed by atoms with Gasteiger partial charge in [-0.05, 0) is 78.1 Å². The molecule has 0 bridgehead atoms. The molecule has 0 aliphatic rings. The van der Waals surface area contributed by atoms with E-state index in [9.17, 15) is 13.2 Å². The molecule has 1 N–H and O–H groups in total. The number of hydrogen-bond acceptors (Lipinski definition) is 8. The van der Waals surface area contributed by atoms with Crippen LogP contribution in [-0.2, 0) is 37.1 Å². The van der Waals surface area contributed by atoms with Gasteiger partial charge in [0.1, 0.15) is 18.1 Å². The van der Waals surface area contributed by atoms with Gasteiger partial charge >= 0.3 is 5.97 Å². The average molecular weight is 836 g/mol. The Labute approximate surface area is 350 Å². The van der Waals surface area contributed by atoms with Crippen LogP contribution in [0.25, 0.3) is 21.8 Å². The van der Waals surface area contributed by atoms with E-state index in [1.165, 1.54) is 10.6 Å². The molecule has 312 valence electrons. The van der Waals surface area contributed by atoms with Crippen molar-refractivity contribution in [1.82, 2.24) is 9.88 Å². The van der Waals surface area contributed by atoms with Crippen LogP contribution in [0.5, 0.6) is 11.5 Å². The lowest BCUT2D eigenvalue weighted by atomic mass is 10.1. The second-order valence-corrected chi connectivity index (χ2v) is 21.4. The highest BCUT2D eigenvalue weighted by Gasteiger charge is 2.33. The second-order valence-electron chi connectivity index (χ2n) is 14.8. The number of sulfonamides is 1. The molecule has 0 aliphatic carbocycles. The van der Waals surface area contributed by atoms with Crippen molar-refractivity contribution in [2.75, 3.05) is 43.5 Å². The lowest BCUT2D eigenvalue weighted by Gasteiger charge is -2.34. The van der Waals surface area contributed by atoms with Crippen molar-refractivity contribution in [3.8, 4) is 11.5 Å². The van der Waals surface area contributed by atoms with Gasteiger partial charge in [0.2, 0.25) is 10.0 Å². The topological polar surface area (TPSA) is 108 Å². The highest BCUT2D eigenvalue weighted by Crippen LogP contribution is 2.35. The van der Waals surface area contributed by atoms with Crippen LogP contribution < -0.4 is 19.1 Å². The van der Waals surface area contributed by atoms with Gasteiger partial charge in [-0.25, -0.2) is 13.2 Å². The van der Waals surface area contributed by atoms with Crippen LogP contribution in [0.4, 0.5) is 5.69 Å². The second kappa shape index (κ2) is 20.2. The number of carbonyl (C=O) groups is 1. The van der Waals surface area contributed by atoms with E-state index >= 15 is 0 Å². The summed E-state index contributed by atoms with van der Waals surface area (Å²) in [6.45, 7) is 11.0. The van der Waals surface area contributed by atoms with Gasteiger partial charge in [-0.3, -0.25) is 4.31 Å². The molecule has 6 aromatic rings. The largest absolute Gasteiger partial charge is 0.492 e. The zero-order chi connectivity index (χ0) is 41.8. The van der Waals surface area contributed by atoms with Gasteiger partial charge in [0.15, 0.2) is 14.9 Å². The van der Waals surface area contributed by atoms with E-state index in [0.29, 0.717) is 44.3 Å². The molecule has 0 amide bonds. The fourth-order valence-corrected chi connectivity index (χ4v) is 11.3. The molecular weight excluding hydrogens is 779 g/mol. The molecule has 12 heteroatoms. The smallest absolute Gasteiger partial charge is 0.344 e. The SMILES string of the molecule is CCOC(=O)COc1ccc2c3ccc(OCCNC[C@H](O[Si](CC)(CC)CC)c4cccc(N(Cc5ccccc5)S(C)(=O)=O)c4)cc3n(Cc3ccccc3)c2c1. The van der Waals surface area contributed by atoms with Gasteiger partial charge in [0.25, 0.3) is 0 Å². The highest BCUT2D eigenvalue weighted by molar-refractivity contribution is 7.92. The zero-order valence-electron chi connectivity index (χ0n) is 34.9. The molecule has 0 saturated heterocycles. The number of esters is 1. The first-order valence-electron chi connectivity index (χ1n) is 20.6. The summed E-state index contributed by atoms with van der Waals surface area (Å²) in [4.78, 5) is 12.0. The van der Waals surface area contributed by atoms with Crippen molar-refractivity contribution in [2.45, 2.75) is 65.0 Å². The minimum absolute atomic E-state index is 0.154. The monoisotopic (exact) mass is 835 g/mol. The van der Waals surface area contributed by atoms with E-state index < -0.39 is 24.3 Å². The van der Waals surface area contributed by atoms with Crippen molar-refractivity contribution in [2.24, 2.45) is 0 Å². The fraction of sp³-hybridized carbons (Fsp3) is 0.340. The van der Waals surface area contributed by atoms with E-state index in [0.717, 1.165) is 62.4 Å².